The number of hydrogen-bond acceptors (Lipinski definition) is 4. The van der Waals surface area contributed by atoms with Crippen LogP contribution >= 0.6 is 0 Å². The molecule has 3 atom stereocenters. The van der Waals surface area contributed by atoms with E-state index in [9.17, 15) is 9.59 Å². The number of amides is 2. The number of nitrogens with zero attached hydrogens (tertiary/aromatic N) is 1. The maximum absolute atomic E-state index is 12.8. The quantitative estimate of drug-likeness (QED) is 0.830. The Morgan fingerprint density at radius 2 is 1.72 bits per heavy atom. The van der Waals surface area contributed by atoms with Gasteiger partial charge in [-0.1, -0.05) is 0 Å². The number of methoxy groups -OCH3 is 1. The van der Waals surface area contributed by atoms with Crippen molar-refractivity contribution in [1.82, 2.24) is 4.90 Å². The molecule has 0 radical (unpaired) electrons. The molecule has 25 heavy (non-hydrogen) atoms. The van der Waals surface area contributed by atoms with E-state index in [1.165, 1.54) is 13.5 Å². The topological polar surface area (TPSA) is 70.7 Å². The first-order valence-electron chi connectivity index (χ1n) is 8.90. The monoisotopic (exact) mass is 347 g/mol. The molecule has 0 aliphatic carbocycles. The fraction of sp³-hybridized carbons (Fsp3) is 0.579. The molecule has 1 aromatic rings. The Balaban J connectivity index is 1.94. The molecular formula is C19H29N3O3. The molecule has 3 unspecified atom stereocenters. The highest BCUT2D eigenvalue weighted by molar-refractivity contribution is 5.92. The molecule has 6 nitrogen and oxygen atoms in total. The Hall–Kier alpha value is -2.08. The van der Waals surface area contributed by atoms with Crippen LogP contribution in [0.4, 0.5) is 11.4 Å². The van der Waals surface area contributed by atoms with Crippen LogP contribution in [-0.4, -0.2) is 48.6 Å². The van der Waals surface area contributed by atoms with Crippen molar-refractivity contribution in [2.24, 2.45) is 0 Å². The van der Waals surface area contributed by atoms with Crippen LogP contribution in [0.25, 0.3) is 0 Å². The molecule has 2 N–H and O–H groups in total. The minimum absolute atomic E-state index is 0.0255. The number of ether oxygens (including phenoxy) is 1. The van der Waals surface area contributed by atoms with E-state index in [1.807, 2.05) is 24.0 Å². The van der Waals surface area contributed by atoms with Crippen molar-refractivity contribution in [2.75, 3.05) is 24.4 Å². The van der Waals surface area contributed by atoms with Gasteiger partial charge in [0.15, 0.2) is 0 Å². The van der Waals surface area contributed by atoms with Crippen LogP contribution in [0.15, 0.2) is 24.3 Å². The number of likely N-dealkylation sites (tertiary alicyclic amines) is 1. The van der Waals surface area contributed by atoms with Gasteiger partial charge in [0, 0.05) is 30.6 Å². The average Bonchev–Trinajstić information content (AvgIpc) is 2.56. The van der Waals surface area contributed by atoms with Gasteiger partial charge in [-0.15, -0.1) is 0 Å². The van der Waals surface area contributed by atoms with Crippen LogP contribution in [0.2, 0.25) is 0 Å². The Morgan fingerprint density at radius 3 is 2.28 bits per heavy atom. The molecule has 0 aromatic heterocycles. The second-order valence-corrected chi connectivity index (χ2v) is 6.80. The molecule has 0 spiro atoms. The molecular weight excluding hydrogens is 318 g/mol. The molecule has 1 aromatic carbocycles. The fourth-order valence-electron chi connectivity index (χ4n) is 3.37. The first-order chi connectivity index (χ1) is 11.9. The van der Waals surface area contributed by atoms with Crippen molar-refractivity contribution >= 4 is 23.2 Å². The number of rotatable bonds is 6. The van der Waals surface area contributed by atoms with Crippen molar-refractivity contribution in [3.05, 3.63) is 24.3 Å². The third-order valence-corrected chi connectivity index (χ3v) is 4.65. The largest absolute Gasteiger partial charge is 0.375 e. The second-order valence-electron chi connectivity index (χ2n) is 6.80. The summed E-state index contributed by atoms with van der Waals surface area (Å²) in [6, 6.07) is 7.61. The van der Waals surface area contributed by atoms with Gasteiger partial charge in [-0.2, -0.15) is 0 Å². The van der Waals surface area contributed by atoms with E-state index < -0.39 is 0 Å². The minimum atomic E-state index is -0.295. The summed E-state index contributed by atoms with van der Waals surface area (Å²) in [4.78, 5) is 26.3. The molecule has 1 aliphatic heterocycles. The van der Waals surface area contributed by atoms with E-state index >= 15 is 0 Å². The number of benzene rings is 1. The maximum atomic E-state index is 12.8. The van der Waals surface area contributed by atoms with Gasteiger partial charge in [-0.25, -0.2) is 0 Å². The van der Waals surface area contributed by atoms with Gasteiger partial charge in [0.05, 0.1) is 0 Å². The van der Waals surface area contributed by atoms with Crippen LogP contribution in [0, 0.1) is 0 Å². The van der Waals surface area contributed by atoms with Gasteiger partial charge >= 0.3 is 0 Å². The molecule has 0 bridgehead atoms. The Kier molecular flexibility index (Phi) is 6.82. The van der Waals surface area contributed by atoms with E-state index in [4.69, 9.17) is 4.74 Å². The number of piperidine rings is 1. The smallest absolute Gasteiger partial charge is 0.250 e. The number of carbonyl (C=O) groups is 2. The van der Waals surface area contributed by atoms with Gasteiger partial charge in [0.1, 0.15) is 12.6 Å². The second kappa shape index (κ2) is 8.85. The van der Waals surface area contributed by atoms with E-state index in [-0.39, 0.29) is 24.5 Å². The van der Waals surface area contributed by atoms with E-state index in [1.54, 1.807) is 12.1 Å². The van der Waals surface area contributed by atoms with Crippen LogP contribution in [0.3, 0.4) is 0 Å². The van der Waals surface area contributed by atoms with Crippen LogP contribution < -0.4 is 10.6 Å². The molecule has 1 fully saturated rings. The molecule has 2 amide bonds. The average molecular weight is 347 g/mol. The fourth-order valence-corrected chi connectivity index (χ4v) is 3.37. The van der Waals surface area contributed by atoms with E-state index in [2.05, 4.69) is 24.5 Å². The van der Waals surface area contributed by atoms with Crippen LogP contribution in [0.5, 0.6) is 0 Å². The lowest BCUT2D eigenvalue weighted by Gasteiger charge is -2.40. The molecule has 2 rings (SSSR count). The summed E-state index contributed by atoms with van der Waals surface area (Å²) in [6.45, 7) is 6.16. The molecule has 1 heterocycles. The highest BCUT2D eigenvalue weighted by Gasteiger charge is 2.31. The summed E-state index contributed by atoms with van der Waals surface area (Å²) in [5.74, 6) is -0.0583. The van der Waals surface area contributed by atoms with Gasteiger partial charge in [-0.3, -0.25) is 9.59 Å². The number of hydrogen-bond donors (Lipinski definition) is 2. The Morgan fingerprint density at radius 1 is 1.16 bits per heavy atom. The van der Waals surface area contributed by atoms with E-state index in [0.29, 0.717) is 17.8 Å². The highest BCUT2D eigenvalue weighted by atomic mass is 16.5. The highest BCUT2D eigenvalue weighted by Crippen LogP contribution is 2.24. The summed E-state index contributed by atoms with van der Waals surface area (Å²) in [5.41, 5.74) is 1.55. The Bertz CT molecular complexity index is 578. The zero-order valence-corrected chi connectivity index (χ0v) is 15.5. The predicted molar refractivity (Wildman–Crippen MR) is 99.7 cm³/mol. The first kappa shape index (κ1) is 19.2. The zero-order valence-electron chi connectivity index (χ0n) is 15.5. The summed E-state index contributed by atoms with van der Waals surface area (Å²) < 4.78 is 4.79. The van der Waals surface area contributed by atoms with Crippen molar-refractivity contribution in [1.29, 1.82) is 0 Å². The van der Waals surface area contributed by atoms with Gasteiger partial charge in [0.2, 0.25) is 11.8 Å². The Labute approximate surface area is 149 Å². The normalized spacial score (nSPS) is 21.5. The lowest BCUT2D eigenvalue weighted by Crippen LogP contribution is -2.52. The summed E-state index contributed by atoms with van der Waals surface area (Å²) in [6.07, 6.45) is 3.32. The lowest BCUT2D eigenvalue weighted by atomic mass is 9.96. The molecule has 1 saturated heterocycles. The SMILES string of the molecule is COCC(=O)Nc1ccc(NC(C)C(=O)N2C(C)CCCC2C)cc1. The molecule has 138 valence electrons. The van der Waals surface area contributed by atoms with Gasteiger partial charge in [-0.05, 0) is 64.3 Å². The van der Waals surface area contributed by atoms with Gasteiger partial charge < -0.3 is 20.3 Å². The third kappa shape index (κ3) is 5.19. The zero-order chi connectivity index (χ0) is 18.4. The van der Waals surface area contributed by atoms with Crippen molar-refractivity contribution in [3.8, 4) is 0 Å². The summed E-state index contributed by atoms with van der Waals surface area (Å²) in [7, 11) is 1.48. The maximum Gasteiger partial charge on any atom is 0.250 e. The minimum Gasteiger partial charge on any atom is -0.375 e. The number of nitrogens with one attached hydrogen (secondary N) is 2. The molecule has 6 heteroatoms. The standard InChI is InChI=1S/C19H29N3O3/c1-13-6-5-7-14(2)22(13)19(24)15(3)20-16-8-10-17(11-9-16)21-18(23)12-25-4/h8-11,13-15,20H,5-7,12H2,1-4H3,(H,21,23). The van der Waals surface area contributed by atoms with Crippen LogP contribution in [-0.2, 0) is 14.3 Å². The van der Waals surface area contributed by atoms with Crippen molar-refractivity contribution in [2.45, 2.75) is 58.2 Å². The van der Waals surface area contributed by atoms with Crippen LogP contribution in [0.1, 0.15) is 40.0 Å². The molecule has 1 aliphatic rings. The molecule has 0 saturated carbocycles. The number of carbonyl (C=O) groups excluding carboxylic acids is 2. The number of anilines is 2. The first-order valence-corrected chi connectivity index (χ1v) is 8.90. The predicted octanol–water partition coefficient (Wildman–Crippen LogP) is 2.86. The van der Waals surface area contributed by atoms with Gasteiger partial charge in [0.25, 0.3) is 0 Å². The third-order valence-electron chi connectivity index (χ3n) is 4.65. The lowest BCUT2D eigenvalue weighted by molar-refractivity contribution is -0.137. The summed E-state index contributed by atoms with van der Waals surface area (Å²) in [5, 5.41) is 6.00. The van der Waals surface area contributed by atoms with E-state index in [0.717, 1.165) is 18.5 Å². The van der Waals surface area contributed by atoms with Crippen molar-refractivity contribution < 1.29 is 14.3 Å². The summed E-state index contributed by atoms with van der Waals surface area (Å²) >= 11 is 0. The van der Waals surface area contributed by atoms with Crippen molar-refractivity contribution in [3.63, 3.8) is 0 Å².